The molecule has 0 saturated heterocycles. The van der Waals surface area contributed by atoms with E-state index in [4.69, 9.17) is 0 Å². The number of allylic oxidation sites excluding steroid dienone is 1. The predicted octanol–water partition coefficient (Wildman–Crippen LogP) is 3.54. The number of Topliss-reactive ketones (excluding diaryl/α,β-unsaturated/α-hetero) is 1. The van der Waals surface area contributed by atoms with Gasteiger partial charge in [-0.1, -0.05) is 36.4 Å². The first-order valence-electron chi connectivity index (χ1n) is 5.98. The van der Waals surface area contributed by atoms with Gasteiger partial charge >= 0.3 is 0 Å². The van der Waals surface area contributed by atoms with E-state index >= 15 is 0 Å². The molecule has 0 heterocycles. The molecule has 0 aliphatic heterocycles. The van der Waals surface area contributed by atoms with Crippen LogP contribution in [0.4, 0.5) is 0 Å². The van der Waals surface area contributed by atoms with Gasteiger partial charge in [0.15, 0.2) is 0 Å². The van der Waals surface area contributed by atoms with E-state index in [9.17, 15) is 4.79 Å². The van der Waals surface area contributed by atoms with Crippen molar-refractivity contribution >= 4 is 5.78 Å². The van der Waals surface area contributed by atoms with Gasteiger partial charge in [0.2, 0.25) is 0 Å². The zero-order chi connectivity index (χ0) is 11.4. The molecule has 1 aliphatic rings. The number of hydrogen-bond donors (Lipinski definition) is 0. The highest BCUT2D eigenvalue weighted by Crippen LogP contribution is 2.39. The van der Waals surface area contributed by atoms with Gasteiger partial charge in [0.25, 0.3) is 0 Å². The van der Waals surface area contributed by atoms with Crippen molar-refractivity contribution in [2.75, 3.05) is 0 Å². The molecule has 1 aromatic carbocycles. The third-order valence-electron chi connectivity index (χ3n) is 3.68. The number of carbonyl (C=O) groups excluding carboxylic acids is 1. The SMILES string of the molecule is C=C[C@]1(CCc2ccccc2)CCCC1=O. The van der Waals surface area contributed by atoms with Crippen LogP contribution in [0.1, 0.15) is 31.2 Å². The van der Waals surface area contributed by atoms with Crippen LogP contribution in [0.25, 0.3) is 0 Å². The first kappa shape index (κ1) is 11.1. The van der Waals surface area contributed by atoms with Crippen molar-refractivity contribution in [1.29, 1.82) is 0 Å². The molecule has 0 unspecified atom stereocenters. The molecule has 1 heteroatoms. The molecular formula is C15H18O. The van der Waals surface area contributed by atoms with E-state index in [1.165, 1.54) is 5.56 Å². The smallest absolute Gasteiger partial charge is 0.142 e. The standard InChI is InChI=1S/C15H18O/c1-2-15(11-6-9-14(15)16)12-10-13-7-4-3-5-8-13/h2-5,7-8H,1,6,9-12H2/t15-/m1/s1. The van der Waals surface area contributed by atoms with Crippen LogP contribution in [0, 0.1) is 5.41 Å². The summed E-state index contributed by atoms with van der Waals surface area (Å²) in [5, 5.41) is 0. The first-order valence-corrected chi connectivity index (χ1v) is 5.98. The fourth-order valence-corrected chi connectivity index (χ4v) is 2.55. The van der Waals surface area contributed by atoms with Gasteiger partial charge in [0, 0.05) is 11.8 Å². The number of carbonyl (C=O) groups is 1. The Kier molecular flexibility index (Phi) is 3.23. The third kappa shape index (κ3) is 2.08. The Labute approximate surface area is 97.2 Å². The van der Waals surface area contributed by atoms with E-state index in [0.717, 1.165) is 32.1 Å². The van der Waals surface area contributed by atoms with Gasteiger partial charge in [0.05, 0.1) is 0 Å². The summed E-state index contributed by atoms with van der Waals surface area (Å²) in [6, 6.07) is 10.4. The zero-order valence-electron chi connectivity index (χ0n) is 9.61. The Morgan fingerprint density at radius 2 is 2.06 bits per heavy atom. The van der Waals surface area contributed by atoms with Crippen LogP contribution >= 0.6 is 0 Å². The third-order valence-corrected chi connectivity index (χ3v) is 3.68. The van der Waals surface area contributed by atoms with Crippen molar-refractivity contribution in [3.8, 4) is 0 Å². The van der Waals surface area contributed by atoms with Gasteiger partial charge in [-0.2, -0.15) is 0 Å². The van der Waals surface area contributed by atoms with E-state index < -0.39 is 0 Å². The highest BCUT2D eigenvalue weighted by molar-refractivity contribution is 5.88. The quantitative estimate of drug-likeness (QED) is 0.700. The molecule has 0 aromatic heterocycles. The van der Waals surface area contributed by atoms with Gasteiger partial charge in [-0.3, -0.25) is 4.79 Å². The predicted molar refractivity (Wildman–Crippen MR) is 66.3 cm³/mol. The Bertz CT molecular complexity index is 380. The molecule has 1 saturated carbocycles. The summed E-state index contributed by atoms with van der Waals surface area (Å²) in [5.41, 5.74) is 1.08. The van der Waals surface area contributed by atoms with E-state index in [0.29, 0.717) is 5.78 Å². The molecule has 0 amide bonds. The molecule has 84 valence electrons. The van der Waals surface area contributed by atoms with Gasteiger partial charge < -0.3 is 0 Å². The maximum absolute atomic E-state index is 11.9. The van der Waals surface area contributed by atoms with Crippen LogP contribution in [-0.4, -0.2) is 5.78 Å². The lowest BCUT2D eigenvalue weighted by Crippen LogP contribution is -2.23. The molecule has 0 N–H and O–H groups in total. The minimum Gasteiger partial charge on any atom is -0.299 e. The number of rotatable bonds is 4. The molecular weight excluding hydrogens is 196 g/mol. The van der Waals surface area contributed by atoms with Crippen molar-refractivity contribution < 1.29 is 4.79 Å². The fraction of sp³-hybridized carbons (Fsp3) is 0.400. The molecule has 1 aromatic rings. The van der Waals surface area contributed by atoms with Crippen LogP contribution in [0.15, 0.2) is 43.0 Å². The molecule has 0 bridgehead atoms. The van der Waals surface area contributed by atoms with E-state index in [1.807, 2.05) is 24.3 Å². The minimum atomic E-state index is -0.226. The Morgan fingerprint density at radius 1 is 1.31 bits per heavy atom. The van der Waals surface area contributed by atoms with Gasteiger partial charge in [-0.05, 0) is 31.2 Å². The number of hydrogen-bond acceptors (Lipinski definition) is 1. The zero-order valence-corrected chi connectivity index (χ0v) is 9.61. The summed E-state index contributed by atoms with van der Waals surface area (Å²) in [5.74, 6) is 0.387. The summed E-state index contributed by atoms with van der Waals surface area (Å²) in [6.07, 6.45) is 6.52. The number of aryl methyl sites for hydroxylation is 1. The second-order valence-electron chi connectivity index (χ2n) is 4.62. The second-order valence-corrected chi connectivity index (χ2v) is 4.62. The minimum absolute atomic E-state index is 0.226. The lowest BCUT2D eigenvalue weighted by atomic mass is 9.80. The molecule has 1 nitrogen and oxygen atoms in total. The molecule has 0 spiro atoms. The van der Waals surface area contributed by atoms with Crippen molar-refractivity contribution in [2.24, 2.45) is 5.41 Å². The van der Waals surface area contributed by atoms with Gasteiger partial charge in [-0.25, -0.2) is 0 Å². The van der Waals surface area contributed by atoms with Crippen LogP contribution < -0.4 is 0 Å². The summed E-state index contributed by atoms with van der Waals surface area (Å²) < 4.78 is 0. The summed E-state index contributed by atoms with van der Waals surface area (Å²) in [6.45, 7) is 3.86. The molecule has 1 aliphatic carbocycles. The van der Waals surface area contributed by atoms with Crippen LogP contribution in [-0.2, 0) is 11.2 Å². The highest BCUT2D eigenvalue weighted by Gasteiger charge is 2.38. The molecule has 1 atom stereocenters. The maximum Gasteiger partial charge on any atom is 0.142 e. The average molecular weight is 214 g/mol. The fourth-order valence-electron chi connectivity index (χ4n) is 2.55. The second kappa shape index (κ2) is 4.65. The van der Waals surface area contributed by atoms with Gasteiger partial charge in [-0.15, -0.1) is 6.58 Å². The summed E-state index contributed by atoms with van der Waals surface area (Å²) in [7, 11) is 0. The molecule has 1 fully saturated rings. The Balaban J connectivity index is 2.03. The van der Waals surface area contributed by atoms with Crippen LogP contribution in [0.3, 0.4) is 0 Å². The van der Waals surface area contributed by atoms with Crippen molar-refractivity contribution in [2.45, 2.75) is 32.1 Å². The monoisotopic (exact) mass is 214 g/mol. The largest absolute Gasteiger partial charge is 0.299 e. The van der Waals surface area contributed by atoms with Gasteiger partial charge in [0.1, 0.15) is 5.78 Å². The van der Waals surface area contributed by atoms with Crippen molar-refractivity contribution in [3.05, 3.63) is 48.6 Å². The van der Waals surface area contributed by atoms with Crippen molar-refractivity contribution in [3.63, 3.8) is 0 Å². The highest BCUT2D eigenvalue weighted by atomic mass is 16.1. The van der Waals surface area contributed by atoms with Crippen LogP contribution in [0.5, 0.6) is 0 Å². The Hall–Kier alpha value is -1.37. The molecule has 2 rings (SSSR count). The number of ketones is 1. The molecule has 0 radical (unpaired) electrons. The molecule has 16 heavy (non-hydrogen) atoms. The summed E-state index contributed by atoms with van der Waals surface area (Å²) >= 11 is 0. The normalized spacial score (nSPS) is 24.6. The number of benzene rings is 1. The lowest BCUT2D eigenvalue weighted by Gasteiger charge is -2.22. The first-order chi connectivity index (χ1) is 7.77. The van der Waals surface area contributed by atoms with E-state index in [-0.39, 0.29) is 5.41 Å². The van der Waals surface area contributed by atoms with Crippen molar-refractivity contribution in [1.82, 2.24) is 0 Å². The lowest BCUT2D eigenvalue weighted by molar-refractivity contribution is -0.123. The Morgan fingerprint density at radius 3 is 2.62 bits per heavy atom. The average Bonchev–Trinajstić information content (AvgIpc) is 2.70. The van der Waals surface area contributed by atoms with E-state index in [2.05, 4.69) is 18.7 Å². The maximum atomic E-state index is 11.9. The topological polar surface area (TPSA) is 17.1 Å². The van der Waals surface area contributed by atoms with E-state index in [1.54, 1.807) is 0 Å². The van der Waals surface area contributed by atoms with Crippen LogP contribution in [0.2, 0.25) is 0 Å². The summed E-state index contributed by atoms with van der Waals surface area (Å²) in [4.78, 5) is 11.9.